The van der Waals surface area contributed by atoms with Crippen LogP contribution < -0.4 is 10.6 Å². The molecule has 0 radical (unpaired) electrons. The van der Waals surface area contributed by atoms with E-state index in [4.69, 9.17) is 9.47 Å². The van der Waals surface area contributed by atoms with E-state index in [1.807, 2.05) is 0 Å². The number of hydrogen-bond donors (Lipinski definition) is 2. The van der Waals surface area contributed by atoms with Gasteiger partial charge in [-0.3, -0.25) is 4.99 Å². The predicted molar refractivity (Wildman–Crippen MR) is 121 cm³/mol. The van der Waals surface area contributed by atoms with Gasteiger partial charge in [0.25, 0.3) is 0 Å². The largest absolute Gasteiger partial charge is 0.382 e. The van der Waals surface area contributed by atoms with Crippen LogP contribution in [0.4, 0.5) is 0 Å². The number of ether oxygens (including phenoxy) is 2. The zero-order valence-corrected chi connectivity index (χ0v) is 19.3. The number of rotatable bonds is 10. The van der Waals surface area contributed by atoms with Crippen LogP contribution in [0, 0.1) is 0 Å². The first-order valence-corrected chi connectivity index (χ1v) is 9.15. The molecule has 0 fully saturated rings. The number of methoxy groups -OCH3 is 1. The maximum atomic E-state index is 5.43. The van der Waals surface area contributed by atoms with Gasteiger partial charge in [0.15, 0.2) is 5.96 Å². The van der Waals surface area contributed by atoms with Crippen molar-refractivity contribution in [2.75, 3.05) is 46.6 Å². The van der Waals surface area contributed by atoms with Crippen LogP contribution in [0.3, 0.4) is 0 Å². The molecular weight excluding hydrogens is 441 g/mol. The Bertz CT molecular complexity index is 499. The highest BCUT2D eigenvalue weighted by Gasteiger charge is 2.12. The summed E-state index contributed by atoms with van der Waals surface area (Å²) in [5.74, 6) is 0.837. The fraction of sp³-hybridized carbons (Fsp3) is 0.650. The molecule has 150 valence electrons. The lowest BCUT2D eigenvalue weighted by Gasteiger charge is -2.19. The van der Waals surface area contributed by atoms with Gasteiger partial charge in [0.2, 0.25) is 0 Å². The SMILES string of the molecule is CCNC(=NCCOCCOC)NCCc1ccc(C(C)(C)C)cc1.I. The van der Waals surface area contributed by atoms with E-state index in [1.165, 1.54) is 11.1 Å². The third kappa shape index (κ3) is 11.0. The van der Waals surface area contributed by atoms with Crippen molar-refractivity contribution in [2.24, 2.45) is 4.99 Å². The Kier molecular flexibility index (Phi) is 13.8. The summed E-state index contributed by atoms with van der Waals surface area (Å²) in [6.45, 7) is 13.0. The van der Waals surface area contributed by atoms with Crippen LogP contribution in [0.15, 0.2) is 29.3 Å². The number of aliphatic imine (C=N–C) groups is 1. The smallest absolute Gasteiger partial charge is 0.191 e. The summed E-state index contributed by atoms with van der Waals surface area (Å²) in [5, 5.41) is 6.63. The highest BCUT2D eigenvalue weighted by molar-refractivity contribution is 14.0. The number of nitrogens with zero attached hydrogens (tertiary/aromatic N) is 1. The molecule has 0 spiro atoms. The zero-order chi connectivity index (χ0) is 18.5. The average Bonchev–Trinajstić information content (AvgIpc) is 2.57. The van der Waals surface area contributed by atoms with Crippen molar-refractivity contribution >= 4 is 29.9 Å². The molecule has 0 amide bonds. The first-order chi connectivity index (χ1) is 12.0. The highest BCUT2D eigenvalue weighted by atomic mass is 127. The molecule has 0 aliphatic carbocycles. The lowest BCUT2D eigenvalue weighted by molar-refractivity contribution is 0.0748. The number of nitrogens with one attached hydrogen (secondary N) is 2. The van der Waals surface area contributed by atoms with Crippen molar-refractivity contribution in [3.63, 3.8) is 0 Å². The molecule has 0 unspecified atom stereocenters. The van der Waals surface area contributed by atoms with Crippen LogP contribution in [0.1, 0.15) is 38.8 Å². The van der Waals surface area contributed by atoms with Gasteiger partial charge in [0, 0.05) is 20.2 Å². The third-order valence-corrected chi connectivity index (χ3v) is 3.81. The Morgan fingerprint density at radius 2 is 1.73 bits per heavy atom. The minimum atomic E-state index is 0. The molecule has 0 heterocycles. The molecule has 6 heteroatoms. The molecule has 1 aromatic rings. The van der Waals surface area contributed by atoms with E-state index >= 15 is 0 Å². The third-order valence-electron chi connectivity index (χ3n) is 3.81. The van der Waals surface area contributed by atoms with Gasteiger partial charge in [-0.15, -0.1) is 24.0 Å². The lowest BCUT2D eigenvalue weighted by Crippen LogP contribution is -2.38. The average molecular weight is 477 g/mol. The predicted octanol–water partition coefficient (Wildman–Crippen LogP) is 3.36. The molecular formula is C20H36IN3O2. The molecule has 26 heavy (non-hydrogen) atoms. The van der Waals surface area contributed by atoms with Gasteiger partial charge in [0.1, 0.15) is 0 Å². The second-order valence-corrected chi connectivity index (χ2v) is 6.99. The molecule has 0 aliphatic rings. The van der Waals surface area contributed by atoms with Crippen molar-refractivity contribution in [1.82, 2.24) is 10.6 Å². The quantitative estimate of drug-likeness (QED) is 0.235. The van der Waals surface area contributed by atoms with E-state index in [0.717, 1.165) is 25.5 Å². The van der Waals surface area contributed by atoms with Crippen LogP contribution in [0.2, 0.25) is 0 Å². The van der Waals surface area contributed by atoms with Crippen molar-refractivity contribution in [3.8, 4) is 0 Å². The molecule has 0 aromatic heterocycles. The summed E-state index contributed by atoms with van der Waals surface area (Å²) in [7, 11) is 1.67. The molecule has 0 saturated heterocycles. The molecule has 0 aliphatic heterocycles. The van der Waals surface area contributed by atoms with E-state index in [1.54, 1.807) is 7.11 Å². The summed E-state index contributed by atoms with van der Waals surface area (Å²) in [5.41, 5.74) is 2.90. The summed E-state index contributed by atoms with van der Waals surface area (Å²) < 4.78 is 10.4. The summed E-state index contributed by atoms with van der Waals surface area (Å²) >= 11 is 0. The minimum Gasteiger partial charge on any atom is -0.382 e. The van der Waals surface area contributed by atoms with E-state index in [2.05, 4.69) is 67.6 Å². The molecule has 0 atom stereocenters. The standard InChI is InChI=1S/C20H35N3O2.HI/c1-6-21-19(23-13-14-25-16-15-24-5)22-12-11-17-7-9-18(10-8-17)20(2,3)4;/h7-10H,6,11-16H2,1-5H3,(H2,21,22,23);1H. The van der Waals surface area contributed by atoms with Crippen molar-refractivity contribution < 1.29 is 9.47 Å². The Hall–Kier alpha value is -0.860. The van der Waals surface area contributed by atoms with Gasteiger partial charge in [-0.05, 0) is 29.9 Å². The Balaban J connectivity index is 0.00000625. The lowest BCUT2D eigenvalue weighted by atomic mass is 9.86. The summed E-state index contributed by atoms with van der Waals surface area (Å²) in [4.78, 5) is 4.52. The van der Waals surface area contributed by atoms with Crippen LogP contribution in [0.5, 0.6) is 0 Å². The first kappa shape index (κ1) is 25.1. The first-order valence-electron chi connectivity index (χ1n) is 9.15. The van der Waals surface area contributed by atoms with Crippen LogP contribution in [0.25, 0.3) is 0 Å². The van der Waals surface area contributed by atoms with Gasteiger partial charge < -0.3 is 20.1 Å². The zero-order valence-electron chi connectivity index (χ0n) is 16.9. The maximum absolute atomic E-state index is 5.43. The highest BCUT2D eigenvalue weighted by Crippen LogP contribution is 2.22. The van der Waals surface area contributed by atoms with E-state index in [0.29, 0.717) is 26.4 Å². The second-order valence-electron chi connectivity index (χ2n) is 6.99. The minimum absolute atomic E-state index is 0. The molecule has 5 nitrogen and oxygen atoms in total. The van der Waals surface area contributed by atoms with E-state index < -0.39 is 0 Å². The second kappa shape index (κ2) is 14.2. The van der Waals surface area contributed by atoms with E-state index in [9.17, 15) is 0 Å². The van der Waals surface area contributed by atoms with Gasteiger partial charge in [-0.25, -0.2) is 0 Å². The topological polar surface area (TPSA) is 54.9 Å². The van der Waals surface area contributed by atoms with Gasteiger partial charge in [-0.2, -0.15) is 0 Å². The monoisotopic (exact) mass is 477 g/mol. The van der Waals surface area contributed by atoms with Gasteiger partial charge in [0.05, 0.1) is 26.4 Å². The van der Waals surface area contributed by atoms with Crippen molar-refractivity contribution in [2.45, 2.75) is 39.5 Å². The normalized spacial score (nSPS) is 11.8. The van der Waals surface area contributed by atoms with Gasteiger partial charge in [-0.1, -0.05) is 45.0 Å². The van der Waals surface area contributed by atoms with Crippen molar-refractivity contribution in [1.29, 1.82) is 0 Å². The summed E-state index contributed by atoms with van der Waals surface area (Å²) in [6.07, 6.45) is 0.971. The fourth-order valence-corrected chi connectivity index (χ4v) is 2.30. The molecule has 1 rings (SSSR count). The number of hydrogen-bond acceptors (Lipinski definition) is 3. The summed E-state index contributed by atoms with van der Waals surface area (Å²) in [6, 6.07) is 8.89. The Morgan fingerprint density at radius 3 is 2.31 bits per heavy atom. The van der Waals surface area contributed by atoms with Crippen LogP contribution >= 0.6 is 24.0 Å². The Morgan fingerprint density at radius 1 is 1.04 bits per heavy atom. The molecule has 0 bridgehead atoms. The number of guanidine groups is 1. The Labute approximate surface area is 176 Å². The van der Waals surface area contributed by atoms with Crippen LogP contribution in [-0.4, -0.2) is 52.5 Å². The molecule has 1 aromatic carbocycles. The molecule has 0 saturated carbocycles. The van der Waals surface area contributed by atoms with Crippen LogP contribution in [-0.2, 0) is 21.3 Å². The van der Waals surface area contributed by atoms with Gasteiger partial charge >= 0.3 is 0 Å². The maximum Gasteiger partial charge on any atom is 0.191 e. The van der Waals surface area contributed by atoms with E-state index in [-0.39, 0.29) is 29.4 Å². The molecule has 2 N–H and O–H groups in total. The number of benzene rings is 1. The fourth-order valence-electron chi connectivity index (χ4n) is 2.30. The number of halogens is 1. The van der Waals surface area contributed by atoms with Crippen molar-refractivity contribution in [3.05, 3.63) is 35.4 Å².